The first-order chi connectivity index (χ1) is 10.7. The molecule has 0 N–H and O–H groups in total. The summed E-state index contributed by atoms with van der Waals surface area (Å²) in [6, 6.07) is 18.9. The van der Waals surface area contributed by atoms with Crippen molar-refractivity contribution in [2.24, 2.45) is 0 Å². The van der Waals surface area contributed by atoms with E-state index in [2.05, 4.69) is 18.2 Å². The van der Waals surface area contributed by atoms with Crippen LogP contribution in [0.1, 0.15) is 17.2 Å². The predicted molar refractivity (Wildman–Crippen MR) is 84.1 cm³/mol. The first-order valence-corrected chi connectivity index (χ1v) is 7.14. The third kappa shape index (κ3) is 2.00. The second-order valence-corrected chi connectivity index (χ2v) is 5.42. The molecule has 4 rings (SSSR count). The molecule has 0 aliphatic carbocycles. The molecule has 1 aliphatic heterocycles. The molecule has 4 heteroatoms. The largest absolute Gasteiger partial charge is 0.485 e. The molecule has 4 nitrogen and oxygen atoms in total. The zero-order valence-electron chi connectivity index (χ0n) is 11.7. The third-order valence-electron chi connectivity index (χ3n) is 4.13. The number of benzene rings is 3. The molecule has 0 aromatic heterocycles. The van der Waals surface area contributed by atoms with Crippen LogP contribution in [0.25, 0.3) is 10.8 Å². The molecule has 22 heavy (non-hydrogen) atoms. The first-order valence-electron chi connectivity index (χ1n) is 7.14. The second-order valence-electron chi connectivity index (χ2n) is 5.42. The van der Waals surface area contributed by atoms with Crippen LogP contribution in [0.4, 0.5) is 5.69 Å². The molecule has 0 fully saturated rings. The molecule has 0 amide bonds. The zero-order chi connectivity index (χ0) is 15.1. The van der Waals surface area contributed by atoms with Gasteiger partial charge in [-0.3, -0.25) is 10.1 Å². The van der Waals surface area contributed by atoms with Gasteiger partial charge in [-0.05, 0) is 34.5 Å². The summed E-state index contributed by atoms with van der Waals surface area (Å²) in [5.74, 6) is 0.905. The number of fused-ring (bicyclic) bond motifs is 3. The van der Waals surface area contributed by atoms with Gasteiger partial charge in [-0.15, -0.1) is 0 Å². The van der Waals surface area contributed by atoms with Crippen molar-refractivity contribution in [1.82, 2.24) is 0 Å². The number of non-ortho nitro benzene ring substituents is 1. The Balaban J connectivity index is 1.69. The van der Waals surface area contributed by atoms with Crippen molar-refractivity contribution in [3.8, 4) is 5.75 Å². The van der Waals surface area contributed by atoms with Gasteiger partial charge < -0.3 is 4.74 Å². The van der Waals surface area contributed by atoms with Gasteiger partial charge in [0.25, 0.3) is 5.69 Å². The Morgan fingerprint density at radius 2 is 1.77 bits per heavy atom. The lowest BCUT2D eigenvalue weighted by molar-refractivity contribution is -0.384. The normalized spacial score (nSPS) is 16.3. The molecule has 1 aliphatic rings. The van der Waals surface area contributed by atoms with E-state index >= 15 is 0 Å². The summed E-state index contributed by atoms with van der Waals surface area (Å²) in [5.41, 5.74) is 2.28. The molecular formula is C18H13NO3. The average Bonchev–Trinajstić information content (AvgIpc) is 2.99. The lowest BCUT2D eigenvalue weighted by Gasteiger charge is -2.10. The molecule has 0 spiro atoms. The Morgan fingerprint density at radius 1 is 1.00 bits per heavy atom. The highest BCUT2D eigenvalue weighted by atomic mass is 16.6. The molecule has 108 valence electrons. The molecular weight excluding hydrogens is 278 g/mol. The fraction of sp³-hybridized carbons (Fsp3) is 0.111. The van der Waals surface area contributed by atoms with Crippen molar-refractivity contribution in [1.29, 1.82) is 0 Å². The van der Waals surface area contributed by atoms with Crippen LogP contribution in [0.5, 0.6) is 5.75 Å². The van der Waals surface area contributed by atoms with Gasteiger partial charge in [-0.2, -0.15) is 0 Å². The molecule has 0 saturated heterocycles. The Kier molecular flexibility index (Phi) is 2.82. The Hall–Kier alpha value is -2.88. The monoisotopic (exact) mass is 291 g/mol. The van der Waals surface area contributed by atoms with E-state index in [1.54, 1.807) is 12.1 Å². The van der Waals surface area contributed by atoms with E-state index in [-0.39, 0.29) is 16.7 Å². The van der Waals surface area contributed by atoms with Crippen molar-refractivity contribution >= 4 is 16.5 Å². The Labute approximate surface area is 127 Å². The SMILES string of the molecule is O=[N+]([O-])c1ccc(C2Cc3c(ccc4ccccc34)O2)cc1. The van der Waals surface area contributed by atoms with Gasteiger partial charge in [-0.25, -0.2) is 0 Å². The van der Waals surface area contributed by atoms with Gasteiger partial charge in [0.05, 0.1) is 4.92 Å². The summed E-state index contributed by atoms with van der Waals surface area (Å²) in [4.78, 5) is 10.3. The molecule has 1 atom stereocenters. The van der Waals surface area contributed by atoms with E-state index in [0.717, 1.165) is 17.7 Å². The third-order valence-corrected chi connectivity index (χ3v) is 4.13. The molecule has 1 unspecified atom stereocenters. The minimum Gasteiger partial charge on any atom is -0.485 e. The van der Waals surface area contributed by atoms with Crippen LogP contribution in [0, 0.1) is 10.1 Å². The Bertz CT molecular complexity index is 871. The first kappa shape index (κ1) is 12.8. The van der Waals surface area contributed by atoms with Crippen molar-refractivity contribution in [3.05, 3.63) is 81.9 Å². The smallest absolute Gasteiger partial charge is 0.269 e. The molecule has 0 bridgehead atoms. The minimum absolute atomic E-state index is 0.0818. The number of nitrogens with zero attached hydrogens (tertiary/aromatic N) is 1. The van der Waals surface area contributed by atoms with Crippen LogP contribution in [-0.2, 0) is 6.42 Å². The number of nitro groups is 1. The van der Waals surface area contributed by atoms with Gasteiger partial charge in [0.2, 0.25) is 0 Å². The Morgan fingerprint density at radius 3 is 2.55 bits per heavy atom. The van der Waals surface area contributed by atoms with Crippen molar-refractivity contribution in [3.63, 3.8) is 0 Å². The molecule has 3 aromatic rings. The van der Waals surface area contributed by atoms with Gasteiger partial charge in [0.15, 0.2) is 0 Å². The fourth-order valence-corrected chi connectivity index (χ4v) is 3.01. The number of hydrogen-bond donors (Lipinski definition) is 0. The van der Waals surface area contributed by atoms with E-state index in [4.69, 9.17) is 4.74 Å². The zero-order valence-corrected chi connectivity index (χ0v) is 11.7. The van der Waals surface area contributed by atoms with Gasteiger partial charge in [-0.1, -0.05) is 30.3 Å². The average molecular weight is 291 g/mol. The van der Waals surface area contributed by atoms with Crippen molar-refractivity contribution in [2.75, 3.05) is 0 Å². The van der Waals surface area contributed by atoms with Crippen LogP contribution in [0.3, 0.4) is 0 Å². The summed E-state index contributed by atoms with van der Waals surface area (Å²) >= 11 is 0. The summed E-state index contributed by atoms with van der Waals surface area (Å²) in [7, 11) is 0. The van der Waals surface area contributed by atoms with E-state index in [0.29, 0.717) is 0 Å². The van der Waals surface area contributed by atoms with Crippen molar-refractivity contribution < 1.29 is 9.66 Å². The standard InChI is InChI=1S/C18H13NO3/c20-19(21)14-8-5-13(6-9-14)18-11-16-15-4-2-1-3-12(15)7-10-17(16)22-18/h1-10,18H,11H2. The highest BCUT2D eigenvalue weighted by Crippen LogP contribution is 2.40. The fourth-order valence-electron chi connectivity index (χ4n) is 3.01. The predicted octanol–water partition coefficient (Wildman–Crippen LogP) is 4.42. The number of nitro benzene ring substituents is 1. The van der Waals surface area contributed by atoms with E-state index in [9.17, 15) is 10.1 Å². The molecule has 3 aromatic carbocycles. The van der Waals surface area contributed by atoms with Crippen LogP contribution < -0.4 is 4.74 Å². The number of ether oxygens (including phenoxy) is 1. The molecule has 1 heterocycles. The quantitative estimate of drug-likeness (QED) is 0.518. The van der Waals surface area contributed by atoms with Crippen LogP contribution in [0.2, 0.25) is 0 Å². The van der Waals surface area contributed by atoms with Gasteiger partial charge >= 0.3 is 0 Å². The molecule has 0 radical (unpaired) electrons. The lowest BCUT2D eigenvalue weighted by atomic mass is 9.98. The topological polar surface area (TPSA) is 52.4 Å². The van der Waals surface area contributed by atoms with Crippen LogP contribution in [-0.4, -0.2) is 4.92 Å². The van der Waals surface area contributed by atoms with Gasteiger partial charge in [0.1, 0.15) is 11.9 Å². The summed E-state index contributed by atoms with van der Waals surface area (Å²) in [6.45, 7) is 0. The maximum atomic E-state index is 10.7. The van der Waals surface area contributed by atoms with Crippen molar-refractivity contribution in [2.45, 2.75) is 12.5 Å². The van der Waals surface area contributed by atoms with E-state index in [1.165, 1.54) is 28.5 Å². The van der Waals surface area contributed by atoms with Crippen LogP contribution >= 0.6 is 0 Å². The minimum atomic E-state index is -0.387. The lowest BCUT2D eigenvalue weighted by Crippen LogP contribution is -2.03. The summed E-state index contributed by atoms with van der Waals surface area (Å²) < 4.78 is 6.03. The summed E-state index contributed by atoms with van der Waals surface area (Å²) in [6.07, 6.45) is 0.704. The second kappa shape index (κ2) is 4.84. The van der Waals surface area contributed by atoms with Crippen LogP contribution in [0.15, 0.2) is 60.7 Å². The highest BCUT2D eigenvalue weighted by Gasteiger charge is 2.26. The molecule has 0 saturated carbocycles. The number of hydrogen-bond acceptors (Lipinski definition) is 3. The van der Waals surface area contributed by atoms with E-state index in [1.807, 2.05) is 18.2 Å². The summed E-state index contributed by atoms with van der Waals surface area (Å²) in [5, 5.41) is 13.1. The highest BCUT2D eigenvalue weighted by molar-refractivity contribution is 5.88. The van der Waals surface area contributed by atoms with Gasteiger partial charge in [0, 0.05) is 24.1 Å². The maximum absolute atomic E-state index is 10.7. The maximum Gasteiger partial charge on any atom is 0.269 e. The van der Waals surface area contributed by atoms with E-state index < -0.39 is 0 Å². The number of rotatable bonds is 2.